The summed E-state index contributed by atoms with van der Waals surface area (Å²) < 4.78 is 21.1. The minimum absolute atomic E-state index is 0.165. The van der Waals surface area contributed by atoms with Gasteiger partial charge in [-0.1, -0.05) is 0 Å². The molecule has 0 amide bonds. The van der Waals surface area contributed by atoms with Gasteiger partial charge in [-0.15, -0.1) is 11.3 Å². The Balaban J connectivity index is 1.48. The summed E-state index contributed by atoms with van der Waals surface area (Å²) in [5, 5.41) is 1.90. The van der Waals surface area contributed by atoms with Gasteiger partial charge in [0, 0.05) is 16.0 Å². The molecule has 28 heavy (non-hydrogen) atoms. The number of methoxy groups -OCH3 is 1. The van der Waals surface area contributed by atoms with Crippen LogP contribution in [0.1, 0.15) is 21.0 Å². The highest BCUT2D eigenvalue weighted by Crippen LogP contribution is 2.33. The Hall–Kier alpha value is -3.32. The number of hydrogen-bond donors (Lipinski definition) is 0. The van der Waals surface area contributed by atoms with Crippen molar-refractivity contribution < 1.29 is 28.2 Å². The number of thiophene rings is 1. The number of furan rings is 1. The largest absolute Gasteiger partial charge is 0.469 e. The summed E-state index contributed by atoms with van der Waals surface area (Å²) in [6.45, 7) is 0.165. The van der Waals surface area contributed by atoms with E-state index in [9.17, 15) is 9.59 Å². The van der Waals surface area contributed by atoms with Crippen LogP contribution in [0.5, 0.6) is 11.5 Å². The van der Waals surface area contributed by atoms with Gasteiger partial charge < -0.3 is 18.6 Å². The first-order chi connectivity index (χ1) is 13.6. The van der Waals surface area contributed by atoms with Crippen molar-refractivity contribution >= 4 is 29.2 Å². The number of rotatable bonds is 6. The van der Waals surface area contributed by atoms with Crippen molar-refractivity contribution in [2.24, 2.45) is 0 Å². The predicted octanol–water partition coefficient (Wildman–Crippen LogP) is 4.35. The maximum absolute atomic E-state index is 12.4. The normalized spacial score (nSPS) is 12.5. The Kier molecular flexibility index (Phi) is 4.99. The molecule has 0 saturated heterocycles. The van der Waals surface area contributed by atoms with Gasteiger partial charge in [-0.2, -0.15) is 0 Å². The zero-order valence-corrected chi connectivity index (χ0v) is 15.8. The van der Waals surface area contributed by atoms with E-state index >= 15 is 0 Å². The van der Waals surface area contributed by atoms with Crippen molar-refractivity contribution in [2.45, 2.75) is 6.42 Å². The van der Waals surface area contributed by atoms with Crippen LogP contribution in [0.3, 0.4) is 0 Å². The van der Waals surface area contributed by atoms with E-state index in [0.29, 0.717) is 28.6 Å². The van der Waals surface area contributed by atoms with Gasteiger partial charge in [-0.05, 0) is 53.9 Å². The molecule has 7 heteroatoms. The first kappa shape index (κ1) is 18.1. The van der Waals surface area contributed by atoms with Crippen molar-refractivity contribution in [1.29, 1.82) is 0 Å². The number of carbonyl (C=O) groups excluding carboxylic acids is 2. The highest BCUT2D eigenvalue weighted by Gasteiger charge is 2.16. The van der Waals surface area contributed by atoms with Crippen LogP contribution in [0.15, 0.2) is 52.3 Å². The molecule has 0 N–H and O–H groups in total. The average molecular weight is 396 g/mol. The fourth-order valence-electron chi connectivity index (χ4n) is 2.79. The van der Waals surface area contributed by atoms with Gasteiger partial charge in [0.15, 0.2) is 17.3 Å². The summed E-state index contributed by atoms with van der Waals surface area (Å²) in [6, 6.07) is 10.6. The number of carbonyl (C=O) groups is 2. The molecule has 2 aromatic heterocycles. The van der Waals surface area contributed by atoms with Crippen LogP contribution in [0, 0.1) is 0 Å². The number of fused-ring (bicyclic) bond motifs is 1. The number of ether oxygens (including phenoxy) is 3. The molecule has 4 rings (SSSR count). The molecule has 0 saturated carbocycles. The monoisotopic (exact) mass is 396 g/mol. The third kappa shape index (κ3) is 3.70. The number of benzene rings is 1. The second-order valence-corrected chi connectivity index (χ2v) is 6.98. The Bertz CT molecular complexity index is 1060. The highest BCUT2D eigenvalue weighted by atomic mass is 32.1. The van der Waals surface area contributed by atoms with Crippen molar-refractivity contribution in [1.82, 2.24) is 0 Å². The van der Waals surface area contributed by atoms with Gasteiger partial charge in [0.05, 0.1) is 13.5 Å². The van der Waals surface area contributed by atoms with E-state index in [0.717, 1.165) is 10.4 Å². The molecule has 1 aromatic carbocycles. The molecule has 1 aliphatic rings. The van der Waals surface area contributed by atoms with Gasteiger partial charge in [0.2, 0.25) is 6.79 Å². The fraction of sp³-hybridized carbons (Fsp3) is 0.143. The molecule has 0 unspecified atom stereocenters. The lowest BCUT2D eigenvalue weighted by atomic mass is 10.1. The molecule has 0 fully saturated rings. The maximum Gasteiger partial charge on any atom is 0.310 e. The molecular formula is C21H16O6S. The van der Waals surface area contributed by atoms with Gasteiger partial charge in [-0.25, -0.2) is 0 Å². The number of allylic oxidation sites excluding steroid dienone is 1. The minimum Gasteiger partial charge on any atom is -0.469 e. The van der Waals surface area contributed by atoms with Crippen LogP contribution in [0.2, 0.25) is 0 Å². The standard InChI is InChI=1S/C21H16O6S/c1-24-21(23)11-20-15(8-9-28-20)17-7-4-14(27-17)3-5-16(22)13-2-6-18-19(10-13)26-12-25-18/h2-10H,11-12H2,1H3/b5-3+. The summed E-state index contributed by atoms with van der Waals surface area (Å²) in [5.74, 6) is 1.90. The number of hydrogen-bond acceptors (Lipinski definition) is 7. The summed E-state index contributed by atoms with van der Waals surface area (Å²) in [6.07, 6.45) is 3.25. The third-order valence-electron chi connectivity index (χ3n) is 4.23. The predicted molar refractivity (Wildman–Crippen MR) is 104 cm³/mol. The SMILES string of the molecule is COC(=O)Cc1sccc1-c1ccc(/C=C/C(=O)c2ccc3c(c2)OCO3)o1. The molecule has 0 radical (unpaired) electrons. The lowest BCUT2D eigenvalue weighted by molar-refractivity contribution is -0.139. The summed E-state index contributed by atoms with van der Waals surface area (Å²) >= 11 is 1.47. The Labute approximate surface area is 165 Å². The molecule has 3 heterocycles. The smallest absolute Gasteiger partial charge is 0.310 e. The lowest BCUT2D eigenvalue weighted by Gasteiger charge is -2.00. The van der Waals surface area contributed by atoms with E-state index in [-0.39, 0.29) is 25.0 Å². The summed E-state index contributed by atoms with van der Waals surface area (Å²) in [4.78, 5) is 24.8. The average Bonchev–Trinajstić information content (AvgIpc) is 3.45. The number of esters is 1. The minimum atomic E-state index is -0.301. The summed E-state index contributed by atoms with van der Waals surface area (Å²) in [7, 11) is 1.36. The van der Waals surface area contributed by atoms with E-state index in [1.165, 1.54) is 24.5 Å². The Morgan fingerprint density at radius 2 is 2.00 bits per heavy atom. The van der Waals surface area contributed by atoms with Gasteiger partial charge in [0.1, 0.15) is 11.5 Å². The van der Waals surface area contributed by atoms with E-state index in [1.807, 2.05) is 17.5 Å². The summed E-state index contributed by atoms with van der Waals surface area (Å²) in [5.41, 5.74) is 1.35. The van der Waals surface area contributed by atoms with Crippen LogP contribution in [0.4, 0.5) is 0 Å². The van der Waals surface area contributed by atoms with Crippen LogP contribution in [-0.4, -0.2) is 25.7 Å². The van der Waals surface area contributed by atoms with E-state index in [1.54, 1.807) is 30.3 Å². The lowest BCUT2D eigenvalue weighted by Crippen LogP contribution is -2.03. The van der Waals surface area contributed by atoms with E-state index < -0.39 is 0 Å². The zero-order chi connectivity index (χ0) is 19.5. The molecule has 0 aliphatic carbocycles. The Morgan fingerprint density at radius 3 is 2.86 bits per heavy atom. The molecule has 0 bridgehead atoms. The van der Waals surface area contributed by atoms with Crippen molar-refractivity contribution in [3.8, 4) is 22.8 Å². The third-order valence-corrected chi connectivity index (χ3v) is 5.15. The topological polar surface area (TPSA) is 75.0 Å². The van der Waals surface area contributed by atoms with Crippen molar-refractivity contribution in [2.75, 3.05) is 13.9 Å². The molecule has 6 nitrogen and oxygen atoms in total. The molecule has 0 spiro atoms. The quantitative estimate of drug-likeness (QED) is 0.350. The van der Waals surface area contributed by atoms with Gasteiger partial charge >= 0.3 is 5.97 Å². The molecular weight excluding hydrogens is 380 g/mol. The van der Waals surface area contributed by atoms with Gasteiger partial charge in [0.25, 0.3) is 0 Å². The van der Waals surface area contributed by atoms with Crippen LogP contribution < -0.4 is 9.47 Å². The van der Waals surface area contributed by atoms with Gasteiger partial charge in [-0.3, -0.25) is 9.59 Å². The first-order valence-electron chi connectivity index (χ1n) is 8.49. The first-order valence-corrected chi connectivity index (χ1v) is 9.37. The molecule has 142 valence electrons. The maximum atomic E-state index is 12.4. The van der Waals surface area contributed by atoms with E-state index in [2.05, 4.69) is 0 Å². The fourth-order valence-corrected chi connectivity index (χ4v) is 3.66. The van der Waals surface area contributed by atoms with Crippen LogP contribution in [-0.2, 0) is 16.0 Å². The highest BCUT2D eigenvalue weighted by molar-refractivity contribution is 7.10. The second-order valence-electron chi connectivity index (χ2n) is 5.98. The molecule has 1 aliphatic heterocycles. The molecule has 3 aromatic rings. The second kappa shape index (κ2) is 7.74. The van der Waals surface area contributed by atoms with Crippen molar-refractivity contribution in [3.63, 3.8) is 0 Å². The van der Waals surface area contributed by atoms with Crippen LogP contribution >= 0.6 is 11.3 Å². The Morgan fingerprint density at radius 1 is 1.14 bits per heavy atom. The van der Waals surface area contributed by atoms with E-state index in [4.69, 9.17) is 18.6 Å². The molecule has 0 atom stereocenters. The zero-order valence-electron chi connectivity index (χ0n) is 15.0. The number of ketones is 1. The van der Waals surface area contributed by atoms with Crippen molar-refractivity contribution in [3.05, 3.63) is 64.1 Å². The van der Waals surface area contributed by atoms with Crippen LogP contribution in [0.25, 0.3) is 17.4 Å².